The molecule has 2 N–H and O–H groups in total. The average molecular weight is 408 g/mol. The molecule has 158 valence electrons. The number of nitrogens with zero attached hydrogens (tertiary/aromatic N) is 1. The lowest BCUT2D eigenvalue weighted by atomic mass is 9.77. The summed E-state index contributed by atoms with van der Waals surface area (Å²) < 4.78 is 6.21. The second kappa shape index (κ2) is 7.27. The molecule has 6 nitrogen and oxygen atoms in total. The molecule has 1 spiro atoms. The van der Waals surface area contributed by atoms with Gasteiger partial charge in [0.1, 0.15) is 5.60 Å². The van der Waals surface area contributed by atoms with Gasteiger partial charge in [0.2, 0.25) is 11.8 Å². The second-order valence-corrected chi connectivity index (χ2v) is 9.24. The number of aromatic nitrogens is 1. The van der Waals surface area contributed by atoms with E-state index in [2.05, 4.69) is 36.3 Å². The lowest BCUT2D eigenvalue weighted by Crippen LogP contribution is -2.44. The number of hydrogen-bond acceptors (Lipinski definition) is 3. The van der Waals surface area contributed by atoms with Crippen LogP contribution in [0.1, 0.15) is 25.8 Å². The van der Waals surface area contributed by atoms with Gasteiger partial charge in [-0.05, 0) is 30.4 Å². The Bertz CT molecular complexity index is 1010. The number of ether oxygens (including phenoxy) is 1. The van der Waals surface area contributed by atoms with Gasteiger partial charge in [-0.1, -0.05) is 44.2 Å². The molecule has 1 aromatic carbocycles. The number of aromatic amines is 1. The zero-order valence-electron chi connectivity index (χ0n) is 17.6. The van der Waals surface area contributed by atoms with Crippen LogP contribution in [0.5, 0.6) is 0 Å². The quantitative estimate of drug-likeness (QED) is 0.693. The number of hydrogen-bond donors (Lipinski definition) is 2. The van der Waals surface area contributed by atoms with E-state index in [1.807, 2.05) is 35.4 Å². The maximum atomic E-state index is 13.3. The van der Waals surface area contributed by atoms with Gasteiger partial charge in [-0.2, -0.15) is 0 Å². The molecule has 4 heterocycles. The van der Waals surface area contributed by atoms with Crippen molar-refractivity contribution in [2.45, 2.75) is 38.4 Å². The average Bonchev–Trinajstić information content (AvgIpc) is 3.46. The van der Waals surface area contributed by atoms with Gasteiger partial charge in [0.05, 0.1) is 24.5 Å². The zero-order chi connectivity index (χ0) is 20.9. The van der Waals surface area contributed by atoms with E-state index in [0.29, 0.717) is 25.6 Å². The Balaban J connectivity index is 1.29. The van der Waals surface area contributed by atoms with E-state index in [-0.39, 0.29) is 17.9 Å². The molecule has 5 rings (SSSR count). The normalized spacial score (nSPS) is 29.4. The fraction of sp³-hybridized carbons (Fsp3) is 0.500. The van der Waals surface area contributed by atoms with E-state index in [4.69, 9.17) is 4.74 Å². The molecule has 0 unspecified atom stereocenters. The molecule has 2 fully saturated rings. The largest absolute Gasteiger partial charge is 0.361 e. The van der Waals surface area contributed by atoms with Crippen molar-refractivity contribution < 1.29 is 14.3 Å². The Morgan fingerprint density at radius 2 is 2.20 bits per heavy atom. The first-order valence-corrected chi connectivity index (χ1v) is 11.0. The van der Waals surface area contributed by atoms with Crippen LogP contribution < -0.4 is 5.32 Å². The maximum Gasteiger partial charge on any atom is 0.230 e. The minimum atomic E-state index is -0.637. The van der Waals surface area contributed by atoms with Gasteiger partial charge in [0.25, 0.3) is 0 Å². The predicted molar refractivity (Wildman–Crippen MR) is 115 cm³/mol. The number of nitrogens with one attached hydrogen (secondary N) is 2. The van der Waals surface area contributed by atoms with Crippen molar-refractivity contribution in [3.8, 4) is 0 Å². The third-order valence-corrected chi connectivity index (χ3v) is 6.83. The molecule has 4 atom stereocenters. The minimum Gasteiger partial charge on any atom is -0.361 e. The second-order valence-electron chi connectivity index (χ2n) is 9.24. The number of likely N-dealkylation sites (tertiary alicyclic amines) is 1. The molecule has 0 saturated carbocycles. The number of carbonyl (C=O) groups is 2. The van der Waals surface area contributed by atoms with Gasteiger partial charge in [-0.15, -0.1) is 0 Å². The summed E-state index contributed by atoms with van der Waals surface area (Å²) in [5, 5.41) is 4.23. The van der Waals surface area contributed by atoms with Crippen molar-refractivity contribution in [2.24, 2.45) is 17.8 Å². The van der Waals surface area contributed by atoms with Crippen molar-refractivity contribution in [3.05, 3.63) is 48.2 Å². The Morgan fingerprint density at radius 3 is 3.03 bits per heavy atom. The van der Waals surface area contributed by atoms with Gasteiger partial charge in [0, 0.05) is 30.2 Å². The zero-order valence-corrected chi connectivity index (χ0v) is 17.6. The third-order valence-electron chi connectivity index (χ3n) is 6.83. The molecular weight excluding hydrogens is 378 g/mol. The molecule has 2 bridgehead atoms. The Morgan fingerprint density at radius 1 is 1.37 bits per heavy atom. The van der Waals surface area contributed by atoms with Crippen LogP contribution in [0.4, 0.5) is 0 Å². The Hall–Kier alpha value is -2.60. The number of benzene rings is 1. The number of carbonyl (C=O) groups excluding carboxylic acids is 2. The number of H-pyrrole nitrogens is 1. The van der Waals surface area contributed by atoms with Crippen LogP contribution in [-0.2, 0) is 20.7 Å². The standard InChI is InChI=1S/C24H29N3O3/c1-15(2)8-11-25-22(28)20-19-7-10-24(30-19)14-27(23(29)21(20)24)12-9-16-13-26-18-6-4-3-5-17(16)18/h3-7,10,13,15,19-21,26H,8-9,11-12,14H2,1-2H3,(H,25,28)/t19-,20-,21-,24+/m0/s1. The van der Waals surface area contributed by atoms with E-state index in [0.717, 1.165) is 18.4 Å². The first-order chi connectivity index (χ1) is 14.5. The van der Waals surface area contributed by atoms with E-state index in [1.54, 1.807) is 0 Å². The third kappa shape index (κ3) is 3.05. The van der Waals surface area contributed by atoms with Gasteiger partial charge in [0.15, 0.2) is 0 Å². The minimum absolute atomic E-state index is 0.0469. The van der Waals surface area contributed by atoms with Crippen LogP contribution in [0, 0.1) is 17.8 Å². The molecule has 30 heavy (non-hydrogen) atoms. The fourth-order valence-electron chi connectivity index (χ4n) is 5.26. The lowest BCUT2D eigenvalue weighted by Gasteiger charge is -2.23. The highest BCUT2D eigenvalue weighted by atomic mass is 16.5. The summed E-state index contributed by atoms with van der Waals surface area (Å²) in [5.41, 5.74) is 1.68. The van der Waals surface area contributed by atoms with Crippen LogP contribution in [0.3, 0.4) is 0 Å². The Labute approximate surface area is 176 Å². The molecule has 3 aliphatic heterocycles. The van der Waals surface area contributed by atoms with Gasteiger partial charge in [-0.3, -0.25) is 9.59 Å². The van der Waals surface area contributed by atoms with E-state index in [1.165, 1.54) is 10.9 Å². The van der Waals surface area contributed by atoms with Crippen molar-refractivity contribution in [1.82, 2.24) is 15.2 Å². The summed E-state index contributed by atoms with van der Waals surface area (Å²) in [7, 11) is 0. The van der Waals surface area contributed by atoms with Gasteiger partial charge in [-0.25, -0.2) is 0 Å². The van der Waals surface area contributed by atoms with Crippen LogP contribution in [-0.4, -0.2) is 53.0 Å². The summed E-state index contributed by atoms with van der Waals surface area (Å²) >= 11 is 0. The summed E-state index contributed by atoms with van der Waals surface area (Å²) in [5.74, 6) is -0.308. The number of rotatable bonds is 7. The van der Waals surface area contributed by atoms with Crippen molar-refractivity contribution in [1.29, 1.82) is 0 Å². The van der Waals surface area contributed by atoms with Crippen molar-refractivity contribution in [3.63, 3.8) is 0 Å². The molecule has 0 radical (unpaired) electrons. The highest BCUT2D eigenvalue weighted by molar-refractivity contribution is 5.93. The summed E-state index contributed by atoms with van der Waals surface area (Å²) in [6.45, 7) is 6.07. The lowest BCUT2D eigenvalue weighted by molar-refractivity contribution is -0.137. The molecule has 0 aliphatic carbocycles. The molecule has 1 aromatic heterocycles. The number of amides is 2. The van der Waals surface area contributed by atoms with E-state index >= 15 is 0 Å². The number of fused-ring (bicyclic) bond motifs is 2. The monoisotopic (exact) mass is 407 g/mol. The molecule has 6 heteroatoms. The molecule has 2 saturated heterocycles. The smallest absolute Gasteiger partial charge is 0.230 e. The van der Waals surface area contributed by atoms with Crippen LogP contribution in [0.15, 0.2) is 42.6 Å². The number of para-hydroxylation sites is 1. The van der Waals surface area contributed by atoms with Gasteiger partial charge < -0.3 is 19.9 Å². The Kier molecular flexibility index (Phi) is 4.69. The van der Waals surface area contributed by atoms with Crippen LogP contribution in [0.2, 0.25) is 0 Å². The highest BCUT2D eigenvalue weighted by Gasteiger charge is 2.66. The highest BCUT2D eigenvalue weighted by Crippen LogP contribution is 2.51. The van der Waals surface area contributed by atoms with E-state index < -0.39 is 17.4 Å². The predicted octanol–water partition coefficient (Wildman–Crippen LogP) is 2.65. The SMILES string of the molecule is CC(C)CCNC(=O)[C@H]1[C@@H]2C=C[C@]3(CN(CCc4c[nH]c5ccccc45)C(=O)[C@H]13)O2. The topological polar surface area (TPSA) is 74.4 Å². The van der Waals surface area contributed by atoms with Crippen LogP contribution >= 0.6 is 0 Å². The van der Waals surface area contributed by atoms with Crippen molar-refractivity contribution in [2.75, 3.05) is 19.6 Å². The summed E-state index contributed by atoms with van der Waals surface area (Å²) in [6, 6.07) is 8.21. The first kappa shape index (κ1) is 19.4. The molecule has 2 aromatic rings. The molecule has 2 amide bonds. The maximum absolute atomic E-state index is 13.3. The fourth-order valence-corrected chi connectivity index (χ4v) is 5.26. The van der Waals surface area contributed by atoms with Crippen LogP contribution in [0.25, 0.3) is 10.9 Å². The van der Waals surface area contributed by atoms with Crippen molar-refractivity contribution >= 4 is 22.7 Å². The summed E-state index contributed by atoms with van der Waals surface area (Å²) in [6.07, 6.45) is 7.44. The molecule has 3 aliphatic rings. The van der Waals surface area contributed by atoms with E-state index in [9.17, 15) is 9.59 Å². The first-order valence-electron chi connectivity index (χ1n) is 11.0. The van der Waals surface area contributed by atoms with Gasteiger partial charge >= 0.3 is 0 Å². The summed E-state index contributed by atoms with van der Waals surface area (Å²) in [4.78, 5) is 31.4. The molecular formula is C24H29N3O3.